The fourth-order valence-corrected chi connectivity index (χ4v) is 4.10. The van der Waals surface area contributed by atoms with Crippen LogP contribution in [0.15, 0.2) is 11.1 Å². The Hall–Kier alpha value is -1.40. The van der Waals surface area contributed by atoms with E-state index in [9.17, 15) is 9.69 Å². The van der Waals surface area contributed by atoms with Gasteiger partial charge in [-0.2, -0.15) is 4.98 Å². The van der Waals surface area contributed by atoms with E-state index in [-0.39, 0.29) is 17.1 Å². The van der Waals surface area contributed by atoms with Gasteiger partial charge in [-0.3, -0.25) is 18.9 Å². The number of hydrogen-bond donors (Lipinski definition) is 3. The topological polar surface area (TPSA) is 147 Å². The number of aromatic nitrogens is 4. The summed E-state index contributed by atoms with van der Waals surface area (Å²) in [6, 6.07) is 0. The lowest BCUT2D eigenvalue weighted by molar-refractivity contribution is -0.0501. The fourth-order valence-electron chi connectivity index (χ4n) is 3.15. The third kappa shape index (κ3) is 3.92. The van der Waals surface area contributed by atoms with Gasteiger partial charge in [-0.25, -0.2) is 4.98 Å². The molecule has 0 bridgehead atoms. The molecule has 3 rings (SSSR count). The van der Waals surface area contributed by atoms with Crippen LogP contribution < -0.4 is 11.3 Å². The first-order chi connectivity index (χ1) is 12.8. The molecule has 11 nitrogen and oxygen atoms in total. The van der Waals surface area contributed by atoms with E-state index in [2.05, 4.69) is 15.0 Å². The van der Waals surface area contributed by atoms with E-state index in [1.807, 2.05) is 6.92 Å². The van der Waals surface area contributed by atoms with Crippen molar-refractivity contribution in [3.63, 3.8) is 0 Å². The largest absolute Gasteiger partial charge is 0.374 e. The number of rotatable bonds is 7. The van der Waals surface area contributed by atoms with Gasteiger partial charge in [-0.05, 0) is 18.2 Å². The number of ether oxygens (including phenoxy) is 2. The van der Waals surface area contributed by atoms with Gasteiger partial charge in [-0.15, -0.1) is 0 Å². The number of methoxy groups -OCH3 is 1. The molecule has 3 heterocycles. The highest BCUT2D eigenvalue weighted by Crippen LogP contribution is 2.49. The number of nitrogens with two attached hydrogens (primary N) is 1. The number of fused-ring (bicyclic) bond motifs is 1. The zero-order chi connectivity index (χ0) is 19.8. The summed E-state index contributed by atoms with van der Waals surface area (Å²) in [4.78, 5) is 32.8. The van der Waals surface area contributed by atoms with Gasteiger partial charge in [0.2, 0.25) is 5.95 Å². The molecular weight excluding hydrogens is 397 g/mol. The van der Waals surface area contributed by atoms with Crippen LogP contribution in [0, 0.1) is 0 Å². The Bertz CT molecular complexity index is 919. The van der Waals surface area contributed by atoms with Crippen LogP contribution in [-0.4, -0.2) is 56.9 Å². The summed E-state index contributed by atoms with van der Waals surface area (Å²) in [6.45, 7) is -1.45. The average molecular weight is 419 g/mol. The SMILES string of the molecule is CCC[C@H]1O[C@@H](n2cnc3c(=O)[nH]c(N)nc32)[C@@H](OC)C1OP(O)(=S)OC. The van der Waals surface area contributed by atoms with Gasteiger partial charge in [-0.1, -0.05) is 13.3 Å². The van der Waals surface area contributed by atoms with Gasteiger partial charge >= 0.3 is 6.72 Å². The molecule has 1 aliphatic heterocycles. The molecule has 4 N–H and O–H groups in total. The zero-order valence-corrected chi connectivity index (χ0v) is 16.8. The number of nitrogens with one attached hydrogen (secondary N) is 1. The van der Waals surface area contributed by atoms with Crippen LogP contribution in [0.2, 0.25) is 0 Å². The van der Waals surface area contributed by atoms with Crippen LogP contribution in [0.1, 0.15) is 26.0 Å². The molecule has 1 saturated heterocycles. The Kier molecular flexibility index (Phi) is 5.96. The molecule has 1 aliphatic rings. The van der Waals surface area contributed by atoms with Crippen molar-refractivity contribution in [1.29, 1.82) is 0 Å². The van der Waals surface area contributed by atoms with Crippen molar-refractivity contribution in [3.05, 3.63) is 16.7 Å². The minimum Gasteiger partial charge on any atom is -0.374 e. The second-order valence-electron chi connectivity index (χ2n) is 6.05. The average Bonchev–Trinajstić information content (AvgIpc) is 3.16. The predicted molar refractivity (Wildman–Crippen MR) is 101 cm³/mol. The van der Waals surface area contributed by atoms with Gasteiger partial charge in [0.15, 0.2) is 17.4 Å². The quantitative estimate of drug-likeness (QED) is 0.547. The van der Waals surface area contributed by atoms with E-state index in [0.29, 0.717) is 6.42 Å². The molecule has 2 aromatic rings. The number of H-pyrrole nitrogens is 1. The molecule has 2 unspecified atom stereocenters. The summed E-state index contributed by atoms with van der Waals surface area (Å²) < 4.78 is 23.9. The monoisotopic (exact) mass is 419 g/mol. The Morgan fingerprint density at radius 3 is 2.85 bits per heavy atom. The number of nitrogen functional groups attached to an aromatic ring is 1. The molecule has 27 heavy (non-hydrogen) atoms. The molecule has 2 aromatic heterocycles. The minimum atomic E-state index is -3.44. The number of aromatic amines is 1. The van der Waals surface area contributed by atoms with E-state index in [4.69, 9.17) is 36.1 Å². The second kappa shape index (κ2) is 7.92. The summed E-state index contributed by atoms with van der Waals surface area (Å²) >= 11 is 4.99. The number of anilines is 1. The Morgan fingerprint density at radius 2 is 2.22 bits per heavy atom. The summed E-state index contributed by atoms with van der Waals surface area (Å²) in [5, 5.41) is 0. The third-order valence-corrected chi connectivity index (χ3v) is 6.02. The Balaban J connectivity index is 2.03. The molecule has 0 aromatic carbocycles. The van der Waals surface area contributed by atoms with Crippen molar-refractivity contribution in [2.45, 2.75) is 44.3 Å². The Morgan fingerprint density at radius 1 is 1.48 bits per heavy atom. The van der Waals surface area contributed by atoms with Crippen LogP contribution in [0.4, 0.5) is 5.95 Å². The molecule has 0 spiro atoms. The van der Waals surface area contributed by atoms with Crippen molar-refractivity contribution in [2.75, 3.05) is 20.0 Å². The highest BCUT2D eigenvalue weighted by atomic mass is 32.5. The summed E-state index contributed by atoms with van der Waals surface area (Å²) in [6.07, 6.45) is 0.444. The minimum absolute atomic E-state index is 0.0376. The van der Waals surface area contributed by atoms with E-state index in [1.54, 1.807) is 4.57 Å². The van der Waals surface area contributed by atoms with Crippen molar-refractivity contribution in [3.8, 4) is 0 Å². The number of hydrogen-bond acceptors (Lipinski definition) is 9. The standard InChI is InChI=1S/C14H22N5O6PS/c1-4-5-7-9(25-26(21,27)23-3)10(22-2)13(24-7)19-6-16-8-11(19)17-14(15)18-12(8)20/h6-7,9-10,13H,4-5H2,1-3H3,(H,21,27)(H3,15,17,18,20)/t7-,9?,10+,13-,26?/m1/s1. The maximum absolute atomic E-state index is 12.0. The third-order valence-electron chi connectivity index (χ3n) is 4.34. The van der Waals surface area contributed by atoms with E-state index in [0.717, 1.165) is 6.42 Å². The molecule has 13 heteroatoms. The van der Waals surface area contributed by atoms with Gasteiger partial charge in [0.1, 0.15) is 12.2 Å². The molecule has 0 radical (unpaired) electrons. The normalized spacial score (nSPS) is 27.9. The molecule has 1 fully saturated rings. The van der Waals surface area contributed by atoms with Crippen LogP contribution in [0.25, 0.3) is 11.2 Å². The summed E-state index contributed by atoms with van der Waals surface area (Å²) in [5.74, 6) is -0.0376. The highest BCUT2D eigenvalue weighted by molar-refractivity contribution is 8.07. The van der Waals surface area contributed by atoms with Gasteiger partial charge in [0, 0.05) is 14.2 Å². The van der Waals surface area contributed by atoms with Crippen molar-refractivity contribution in [1.82, 2.24) is 19.5 Å². The smallest absolute Gasteiger partial charge is 0.324 e. The first kappa shape index (κ1) is 20.3. The van der Waals surface area contributed by atoms with Gasteiger partial charge < -0.3 is 24.6 Å². The fraction of sp³-hybridized carbons (Fsp3) is 0.643. The maximum atomic E-state index is 12.0. The Labute approximate surface area is 160 Å². The summed E-state index contributed by atoms with van der Waals surface area (Å²) in [5.41, 5.74) is 5.59. The van der Waals surface area contributed by atoms with Crippen LogP contribution in [0.5, 0.6) is 0 Å². The number of nitrogens with zero attached hydrogens (tertiary/aromatic N) is 3. The first-order valence-corrected chi connectivity index (χ1v) is 10.9. The number of imidazole rings is 1. The predicted octanol–water partition coefficient (Wildman–Crippen LogP) is 0.663. The lowest BCUT2D eigenvalue weighted by Crippen LogP contribution is -2.35. The maximum Gasteiger partial charge on any atom is 0.324 e. The van der Waals surface area contributed by atoms with Crippen molar-refractivity contribution < 1.29 is 23.4 Å². The molecule has 0 aliphatic carbocycles. The lowest BCUT2D eigenvalue weighted by Gasteiger charge is -2.26. The highest BCUT2D eigenvalue weighted by Gasteiger charge is 2.48. The van der Waals surface area contributed by atoms with Crippen molar-refractivity contribution >= 4 is 35.6 Å². The van der Waals surface area contributed by atoms with E-state index < -0.39 is 36.8 Å². The van der Waals surface area contributed by atoms with E-state index in [1.165, 1.54) is 20.5 Å². The van der Waals surface area contributed by atoms with E-state index >= 15 is 0 Å². The second-order valence-corrected chi connectivity index (χ2v) is 8.95. The molecule has 0 amide bonds. The molecular formula is C14H22N5O6PS. The van der Waals surface area contributed by atoms with Gasteiger partial charge in [0.05, 0.1) is 12.4 Å². The first-order valence-electron chi connectivity index (χ1n) is 8.28. The molecule has 150 valence electrons. The molecule has 0 saturated carbocycles. The van der Waals surface area contributed by atoms with Gasteiger partial charge in [0.25, 0.3) is 5.56 Å². The van der Waals surface area contributed by atoms with Crippen LogP contribution in [0.3, 0.4) is 0 Å². The summed E-state index contributed by atoms with van der Waals surface area (Å²) in [7, 11) is 2.78. The molecule has 5 atom stereocenters. The van der Waals surface area contributed by atoms with Crippen molar-refractivity contribution in [2.24, 2.45) is 0 Å². The van der Waals surface area contributed by atoms with Crippen LogP contribution >= 0.6 is 6.72 Å². The lowest BCUT2D eigenvalue weighted by atomic mass is 10.1. The zero-order valence-electron chi connectivity index (χ0n) is 15.1. The van der Waals surface area contributed by atoms with Crippen LogP contribution in [-0.2, 0) is 30.3 Å².